The molecule has 5 nitrogen and oxygen atoms in total. The van der Waals surface area contributed by atoms with Crippen LogP contribution < -0.4 is 0 Å². The van der Waals surface area contributed by atoms with Crippen LogP contribution in [0.1, 0.15) is 23.9 Å². The standard InChI is InChI=1S/C10H16N2O3/c1-6-4-11-12(7(6)2)10-3-8(14)9(5-13)15-10/h4,8-10,13-14H,3,5H2,1-2H3. The normalized spacial score (nSPS) is 31.1. The SMILES string of the molecule is Cc1cnn(C2CC(O)C(CO)O2)c1C. The fraction of sp³-hybridized carbons (Fsp3) is 0.700. The Labute approximate surface area is 88.3 Å². The van der Waals surface area contributed by atoms with Crippen LogP contribution in [-0.4, -0.2) is 38.8 Å². The molecule has 1 aromatic heterocycles. The molecule has 1 aliphatic heterocycles. The highest BCUT2D eigenvalue weighted by molar-refractivity contribution is 5.13. The molecule has 2 N–H and O–H groups in total. The Bertz CT molecular complexity index is 350. The molecule has 1 aromatic rings. The average Bonchev–Trinajstić information content (AvgIpc) is 2.72. The van der Waals surface area contributed by atoms with Crippen LogP contribution in [0.5, 0.6) is 0 Å². The van der Waals surface area contributed by atoms with Gasteiger partial charge in [0.15, 0.2) is 6.23 Å². The maximum Gasteiger partial charge on any atom is 0.153 e. The maximum absolute atomic E-state index is 9.59. The molecule has 5 heteroatoms. The van der Waals surface area contributed by atoms with Crippen LogP contribution >= 0.6 is 0 Å². The molecule has 0 aromatic carbocycles. The van der Waals surface area contributed by atoms with Crippen molar-refractivity contribution in [1.29, 1.82) is 0 Å². The van der Waals surface area contributed by atoms with Crippen LogP contribution in [-0.2, 0) is 4.74 Å². The molecule has 15 heavy (non-hydrogen) atoms. The third kappa shape index (κ3) is 1.78. The Morgan fingerprint density at radius 1 is 1.60 bits per heavy atom. The molecule has 0 spiro atoms. The Hall–Kier alpha value is -0.910. The van der Waals surface area contributed by atoms with Crippen LogP contribution in [0.25, 0.3) is 0 Å². The Morgan fingerprint density at radius 3 is 2.80 bits per heavy atom. The van der Waals surface area contributed by atoms with Crippen LogP contribution in [0.2, 0.25) is 0 Å². The second-order valence-corrected chi connectivity index (χ2v) is 3.97. The smallest absolute Gasteiger partial charge is 0.153 e. The largest absolute Gasteiger partial charge is 0.394 e. The Morgan fingerprint density at radius 2 is 2.33 bits per heavy atom. The van der Waals surface area contributed by atoms with E-state index in [0.29, 0.717) is 6.42 Å². The van der Waals surface area contributed by atoms with Gasteiger partial charge < -0.3 is 14.9 Å². The monoisotopic (exact) mass is 212 g/mol. The lowest BCUT2D eigenvalue weighted by molar-refractivity contribution is -0.0490. The molecule has 0 saturated carbocycles. The number of rotatable bonds is 2. The van der Waals surface area contributed by atoms with Crippen molar-refractivity contribution in [2.45, 2.75) is 38.7 Å². The summed E-state index contributed by atoms with van der Waals surface area (Å²) < 4.78 is 7.26. The van der Waals surface area contributed by atoms with Crippen molar-refractivity contribution in [1.82, 2.24) is 9.78 Å². The maximum atomic E-state index is 9.59. The zero-order chi connectivity index (χ0) is 11.0. The van der Waals surface area contributed by atoms with E-state index in [0.717, 1.165) is 11.3 Å². The van der Waals surface area contributed by atoms with Crippen molar-refractivity contribution >= 4 is 0 Å². The van der Waals surface area contributed by atoms with E-state index in [1.807, 2.05) is 13.8 Å². The van der Waals surface area contributed by atoms with Gasteiger partial charge >= 0.3 is 0 Å². The molecular weight excluding hydrogens is 196 g/mol. The van der Waals surface area contributed by atoms with E-state index in [2.05, 4.69) is 5.10 Å². The molecule has 2 heterocycles. The molecule has 1 saturated heterocycles. The van der Waals surface area contributed by atoms with Crippen molar-refractivity contribution < 1.29 is 14.9 Å². The van der Waals surface area contributed by atoms with Gasteiger partial charge in [0.2, 0.25) is 0 Å². The fourth-order valence-electron chi connectivity index (χ4n) is 1.83. The minimum Gasteiger partial charge on any atom is -0.394 e. The summed E-state index contributed by atoms with van der Waals surface area (Å²) >= 11 is 0. The number of aryl methyl sites for hydroxylation is 1. The lowest BCUT2D eigenvalue weighted by Crippen LogP contribution is -2.24. The van der Waals surface area contributed by atoms with E-state index in [9.17, 15) is 5.11 Å². The number of nitrogens with zero attached hydrogens (tertiary/aromatic N) is 2. The number of hydrogen-bond donors (Lipinski definition) is 2. The molecule has 2 rings (SSSR count). The van der Waals surface area contributed by atoms with Crippen molar-refractivity contribution in [2.24, 2.45) is 0 Å². The van der Waals surface area contributed by atoms with Crippen molar-refractivity contribution in [2.75, 3.05) is 6.61 Å². The van der Waals surface area contributed by atoms with E-state index < -0.39 is 12.2 Å². The van der Waals surface area contributed by atoms with Gasteiger partial charge in [-0.15, -0.1) is 0 Å². The molecule has 1 aliphatic rings. The number of ether oxygens (including phenoxy) is 1. The van der Waals surface area contributed by atoms with Gasteiger partial charge in [-0.25, -0.2) is 4.68 Å². The lowest BCUT2D eigenvalue weighted by atomic mass is 10.2. The minimum absolute atomic E-state index is 0.156. The molecule has 84 valence electrons. The molecule has 1 fully saturated rings. The van der Waals surface area contributed by atoms with Gasteiger partial charge in [0.1, 0.15) is 6.10 Å². The summed E-state index contributed by atoms with van der Waals surface area (Å²) in [5.74, 6) is 0. The average molecular weight is 212 g/mol. The van der Waals surface area contributed by atoms with E-state index >= 15 is 0 Å². The zero-order valence-corrected chi connectivity index (χ0v) is 8.92. The van der Waals surface area contributed by atoms with Crippen LogP contribution in [0.15, 0.2) is 6.20 Å². The highest BCUT2D eigenvalue weighted by atomic mass is 16.5. The summed E-state index contributed by atoms with van der Waals surface area (Å²) in [7, 11) is 0. The van der Waals surface area contributed by atoms with E-state index in [1.54, 1.807) is 10.9 Å². The van der Waals surface area contributed by atoms with E-state index in [-0.39, 0.29) is 12.8 Å². The summed E-state index contributed by atoms with van der Waals surface area (Å²) in [6.45, 7) is 3.79. The summed E-state index contributed by atoms with van der Waals surface area (Å²) in [4.78, 5) is 0. The number of aliphatic hydroxyl groups is 2. The molecule has 0 amide bonds. The molecular formula is C10H16N2O3. The molecule has 0 bridgehead atoms. The van der Waals surface area contributed by atoms with E-state index in [4.69, 9.17) is 9.84 Å². The second kappa shape index (κ2) is 3.92. The number of hydrogen-bond acceptors (Lipinski definition) is 4. The van der Waals surface area contributed by atoms with Gasteiger partial charge in [0, 0.05) is 12.1 Å². The topological polar surface area (TPSA) is 67.5 Å². The van der Waals surface area contributed by atoms with Gasteiger partial charge in [-0.05, 0) is 19.4 Å². The van der Waals surface area contributed by atoms with Crippen LogP contribution in [0, 0.1) is 13.8 Å². The van der Waals surface area contributed by atoms with Gasteiger partial charge in [0.05, 0.1) is 18.9 Å². The zero-order valence-electron chi connectivity index (χ0n) is 8.92. The van der Waals surface area contributed by atoms with Crippen molar-refractivity contribution in [3.05, 3.63) is 17.5 Å². The predicted octanol–water partition coefficient (Wildman–Crippen LogP) is 0.141. The highest BCUT2D eigenvalue weighted by Crippen LogP contribution is 2.29. The first-order valence-electron chi connectivity index (χ1n) is 5.08. The Kier molecular flexibility index (Phi) is 2.77. The number of aliphatic hydroxyl groups excluding tert-OH is 2. The fourth-order valence-corrected chi connectivity index (χ4v) is 1.83. The van der Waals surface area contributed by atoms with Crippen molar-refractivity contribution in [3.63, 3.8) is 0 Å². The second-order valence-electron chi connectivity index (χ2n) is 3.97. The van der Waals surface area contributed by atoms with Gasteiger partial charge in [0.25, 0.3) is 0 Å². The summed E-state index contributed by atoms with van der Waals surface area (Å²) in [6.07, 6.45) is 0.901. The van der Waals surface area contributed by atoms with Gasteiger partial charge in [-0.3, -0.25) is 0 Å². The number of aromatic nitrogens is 2. The van der Waals surface area contributed by atoms with Crippen LogP contribution in [0.4, 0.5) is 0 Å². The summed E-state index contributed by atoms with van der Waals surface area (Å²) in [5.41, 5.74) is 2.13. The van der Waals surface area contributed by atoms with Crippen molar-refractivity contribution in [3.8, 4) is 0 Å². The minimum atomic E-state index is -0.607. The Balaban J connectivity index is 2.17. The van der Waals surface area contributed by atoms with Gasteiger partial charge in [-0.1, -0.05) is 0 Å². The third-order valence-corrected chi connectivity index (χ3v) is 2.95. The van der Waals surface area contributed by atoms with E-state index in [1.165, 1.54) is 0 Å². The molecule has 0 radical (unpaired) electrons. The summed E-state index contributed by atoms with van der Waals surface area (Å²) in [6, 6.07) is 0. The summed E-state index contributed by atoms with van der Waals surface area (Å²) in [5, 5.41) is 22.8. The van der Waals surface area contributed by atoms with Gasteiger partial charge in [-0.2, -0.15) is 5.10 Å². The first kappa shape index (κ1) is 10.6. The highest BCUT2D eigenvalue weighted by Gasteiger charge is 2.35. The molecule has 0 aliphatic carbocycles. The first-order valence-corrected chi connectivity index (χ1v) is 5.08. The van der Waals surface area contributed by atoms with Crippen LogP contribution in [0.3, 0.4) is 0 Å². The lowest BCUT2D eigenvalue weighted by Gasteiger charge is -2.14. The first-order chi connectivity index (χ1) is 7.13. The molecule has 3 unspecified atom stereocenters. The molecule has 3 atom stereocenters. The third-order valence-electron chi connectivity index (χ3n) is 2.95. The predicted molar refractivity (Wildman–Crippen MR) is 53.3 cm³/mol. The quantitative estimate of drug-likeness (QED) is 0.731.